The Morgan fingerprint density at radius 1 is 1.40 bits per heavy atom. The zero-order valence-electron chi connectivity index (χ0n) is 12.4. The second-order valence-electron chi connectivity index (χ2n) is 5.91. The van der Waals surface area contributed by atoms with Crippen LogP contribution in [0.25, 0.3) is 11.0 Å². The highest BCUT2D eigenvalue weighted by atomic mass is 16.1. The number of rotatable bonds is 3. The number of H-pyrrole nitrogens is 1. The Balaban J connectivity index is 1.89. The van der Waals surface area contributed by atoms with E-state index in [1.807, 2.05) is 29.7 Å². The molecule has 0 spiro atoms. The van der Waals surface area contributed by atoms with Crippen LogP contribution in [0.2, 0.25) is 0 Å². The number of aryl methyl sites for hydroxylation is 1. The molecule has 2 aromatic rings. The quantitative estimate of drug-likeness (QED) is 0.932. The number of nitrogens with zero attached hydrogens (tertiary/aromatic N) is 2. The van der Waals surface area contributed by atoms with Crippen LogP contribution in [0.4, 0.5) is 0 Å². The molecule has 4 heteroatoms. The van der Waals surface area contributed by atoms with Gasteiger partial charge in [0.05, 0.1) is 11.0 Å². The molecule has 1 atom stereocenters. The monoisotopic (exact) mass is 273 g/mol. The summed E-state index contributed by atoms with van der Waals surface area (Å²) in [5, 5.41) is 0. The molecular weight excluding hydrogens is 250 g/mol. The number of aromatic nitrogens is 2. The number of piperidine rings is 1. The van der Waals surface area contributed by atoms with E-state index in [2.05, 4.69) is 16.8 Å². The molecule has 0 saturated carbocycles. The molecule has 1 unspecified atom stereocenters. The molecule has 1 aromatic heterocycles. The maximum atomic E-state index is 12.2. The third-order valence-electron chi connectivity index (χ3n) is 4.51. The zero-order chi connectivity index (χ0) is 14.1. The normalized spacial score (nSPS) is 20.6. The number of nitrogens with one attached hydrogen (secondary N) is 1. The number of hydrogen-bond acceptors (Lipinski definition) is 2. The van der Waals surface area contributed by atoms with E-state index in [1.165, 1.54) is 19.4 Å². The zero-order valence-corrected chi connectivity index (χ0v) is 12.4. The fraction of sp³-hybridized carbons (Fsp3) is 0.562. The van der Waals surface area contributed by atoms with E-state index in [0.717, 1.165) is 36.2 Å². The van der Waals surface area contributed by atoms with Gasteiger partial charge in [0.1, 0.15) is 0 Å². The Morgan fingerprint density at radius 2 is 2.25 bits per heavy atom. The molecule has 4 nitrogen and oxygen atoms in total. The van der Waals surface area contributed by atoms with Gasteiger partial charge in [-0.05, 0) is 50.4 Å². The van der Waals surface area contributed by atoms with Crippen molar-refractivity contribution in [2.24, 2.45) is 5.92 Å². The van der Waals surface area contributed by atoms with E-state index in [4.69, 9.17) is 0 Å². The van der Waals surface area contributed by atoms with Crippen molar-refractivity contribution in [3.05, 3.63) is 34.2 Å². The SMILES string of the molecule is CCN1CCCC(Cn2c(=O)[nH]c3c(C)cccc32)C1. The van der Waals surface area contributed by atoms with Crippen LogP contribution in [-0.2, 0) is 6.54 Å². The molecule has 3 rings (SSSR count). The van der Waals surface area contributed by atoms with Gasteiger partial charge in [-0.1, -0.05) is 19.1 Å². The van der Waals surface area contributed by atoms with Crippen LogP contribution in [-0.4, -0.2) is 34.1 Å². The molecule has 108 valence electrons. The highest BCUT2D eigenvalue weighted by Gasteiger charge is 2.20. The maximum Gasteiger partial charge on any atom is 0.326 e. The predicted molar refractivity (Wildman–Crippen MR) is 82.1 cm³/mol. The van der Waals surface area contributed by atoms with Crippen molar-refractivity contribution < 1.29 is 0 Å². The van der Waals surface area contributed by atoms with E-state index >= 15 is 0 Å². The number of aromatic amines is 1. The minimum absolute atomic E-state index is 0.0305. The van der Waals surface area contributed by atoms with Crippen molar-refractivity contribution in [3.8, 4) is 0 Å². The highest BCUT2D eigenvalue weighted by molar-refractivity contribution is 5.78. The fourth-order valence-electron chi connectivity index (χ4n) is 3.35. The summed E-state index contributed by atoms with van der Waals surface area (Å²) in [6.45, 7) is 8.51. The summed E-state index contributed by atoms with van der Waals surface area (Å²) in [5.41, 5.74) is 3.20. The molecule has 2 heterocycles. The summed E-state index contributed by atoms with van der Waals surface area (Å²) < 4.78 is 1.92. The van der Waals surface area contributed by atoms with Crippen molar-refractivity contribution in [2.45, 2.75) is 33.2 Å². The lowest BCUT2D eigenvalue weighted by Crippen LogP contribution is -2.37. The Kier molecular flexibility index (Phi) is 3.66. The summed E-state index contributed by atoms with van der Waals surface area (Å²) in [7, 11) is 0. The van der Waals surface area contributed by atoms with Crippen molar-refractivity contribution in [3.63, 3.8) is 0 Å². The molecular formula is C16H23N3O. The summed E-state index contributed by atoms with van der Waals surface area (Å²) in [4.78, 5) is 17.7. The van der Waals surface area contributed by atoms with E-state index in [-0.39, 0.29) is 5.69 Å². The van der Waals surface area contributed by atoms with Crippen LogP contribution in [0.5, 0.6) is 0 Å². The summed E-state index contributed by atoms with van der Waals surface area (Å²) >= 11 is 0. The number of fused-ring (bicyclic) bond motifs is 1. The summed E-state index contributed by atoms with van der Waals surface area (Å²) in [6, 6.07) is 6.11. The molecule has 0 amide bonds. The van der Waals surface area contributed by atoms with Gasteiger partial charge in [-0.3, -0.25) is 4.57 Å². The van der Waals surface area contributed by atoms with Crippen LogP contribution < -0.4 is 5.69 Å². The van der Waals surface area contributed by atoms with E-state index in [9.17, 15) is 4.79 Å². The van der Waals surface area contributed by atoms with Crippen LogP contribution >= 0.6 is 0 Å². The van der Waals surface area contributed by atoms with Crippen LogP contribution in [0.15, 0.2) is 23.0 Å². The van der Waals surface area contributed by atoms with Gasteiger partial charge in [-0.25, -0.2) is 4.79 Å². The van der Waals surface area contributed by atoms with E-state index < -0.39 is 0 Å². The molecule has 0 radical (unpaired) electrons. The van der Waals surface area contributed by atoms with Gasteiger partial charge in [0.25, 0.3) is 0 Å². The predicted octanol–water partition coefficient (Wildman–Crippen LogP) is 2.37. The van der Waals surface area contributed by atoms with E-state index in [1.54, 1.807) is 0 Å². The first-order valence-electron chi connectivity index (χ1n) is 7.59. The first kappa shape index (κ1) is 13.4. The number of benzene rings is 1. The Labute approximate surface area is 119 Å². The van der Waals surface area contributed by atoms with Gasteiger partial charge in [0.15, 0.2) is 0 Å². The summed E-state index contributed by atoms with van der Waals surface area (Å²) in [5.74, 6) is 0.584. The standard InChI is InChI=1S/C16H23N3O/c1-3-18-9-5-7-13(10-18)11-19-14-8-4-6-12(2)15(14)17-16(19)20/h4,6,8,13H,3,5,7,9-11H2,1-2H3,(H,17,20). The lowest BCUT2D eigenvalue weighted by atomic mass is 9.98. The molecule has 20 heavy (non-hydrogen) atoms. The third-order valence-corrected chi connectivity index (χ3v) is 4.51. The third kappa shape index (κ3) is 2.40. The maximum absolute atomic E-state index is 12.2. The molecule has 1 aliphatic rings. The van der Waals surface area contributed by atoms with Crippen molar-refractivity contribution in [2.75, 3.05) is 19.6 Å². The smallest absolute Gasteiger partial charge is 0.305 e. The van der Waals surface area contributed by atoms with Crippen LogP contribution in [0.3, 0.4) is 0 Å². The largest absolute Gasteiger partial charge is 0.326 e. The number of hydrogen-bond donors (Lipinski definition) is 1. The Hall–Kier alpha value is -1.55. The lowest BCUT2D eigenvalue weighted by molar-refractivity contribution is 0.170. The molecule has 1 fully saturated rings. The van der Waals surface area contributed by atoms with Gasteiger partial charge in [0, 0.05) is 13.1 Å². The fourth-order valence-corrected chi connectivity index (χ4v) is 3.35. The average Bonchev–Trinajstić information content (AvgIpc) is 2.78. The van der Waals surface area contributed by atoms with Gasteiger partial charge in [0.2, 0.25) is 0 Å². The number of imidazole rings is 1. The minimum atomic E-state index is 0.0305. The molecule has 0 aliphatic carbocycles. The van der Waals surface area contributed by atoms with Crippen molar-refractivity contribution in [1.29, 1.82) is 0 Å². The van der Waals surface area contributed by atoms with Crippen LogP contribution in [0.1, 0.15) is 25.3 Å². The van der Waals surface area contributed by atoms with Gasteiger partial charge < -0.3 is 9.88 Å². The van der Waals surface area contributed by atoms with E-state index in [0.29, 0.717) is 5.92 Å². The number of para-hydroxylation sites is 1. The second kappa shape index (κ2) is 5.44. The first-order valence-corrected chi connectivity index (χ1v) is 7.59. The minimum Gasteiger partial charge on any atom is -0.305 e. The van der Waals surface area contributed by atoms with Gasteiger partial charge in [-0.15, -0.1) is 0 Å². The topological polar surface area (TPSA) is 41.0 Å². The second-order valence-corrected chi connectivity index (χ2v) is 5.91. The van der Waals surface area contributed by atoms with Crippen molar-refractivity contribution in [1.82, 2.24) is 14.5 Å². The first-order chi connectivity index (χ1) is 9.69. The summed E-state index contributed by atoms with van der Waals surface area (Å²) in [6.07, 6.45) is 2.47. The molecule has 1 saturated heterocycles. The highest BCUT2D eigenvalue weighted by Crippen LogP contribution is 2.20. The molecule has 1 N–H and O–H groups in total. The Morgan fingerprint density at radius 3 is 3.05 bits per heavy atom. The van der Waals surface area contributed by atoms with Crippen molar-refractivity contribution >= 4 is 11.0 Å². The molecule has 1 aliphatic heterocycles. The lowest BCUT2D eigenvalue weighted by Gasteiger charge is -2.31. The van der Waals surface area contributed by atoms with Gasteiger partial charge in [-0.2, -0.15) is 0 Å². The van der Waals surface area contributed by atoms with Gasteiger partial charge >= 0.3 is 5.69 Å². The average molecular weight is 273 g/mol. The molecule has 0 bridgehead atoms. The Bertz CT molecular complexity index is 655. The van der Waals surface area contributed by atoms with Crippen LogP contribution in [0, 0.1) is 12.8 Å². The molecule has 1 aromatic carbocycles. The number of likely N-dealkylation sites (tertiary alicyclic amines) is 1.